The van der Waals surface area contributed by atoms with Crippen LogP contribution in [-0.4, -0.2) is 13.1 Å². The van der Waals surface area contributed by atoms with Gasteiger partial charge in [0.25, 0.3) is 0 Å². The van der Waals surface area contributed by atoms with Crippen molar-refractivity contribution in [3.8, 4) is 0 Å². The van der Waals surface area contributed by atoms with Crippen LogP contribution in [0.3, 0.4) is 0 Å². The molecule has 0 aromatic rings. The molecule has 0 spiro atoms. The van der Waals surface area contributed by atoms with Crippen molar-refractivity contribution in [3.63, 3.8) is 0 Å². The molecule has 0 saturated carbocycles. The molecule has 0 rings (SSSR count). The van der Waals surface area contributed by atoms with Crippen LogP contribution in [0.2, 0.25) is 0 Å². The van der Waals surface area contributed by atoms with E-state index in [9.17, 15) is 0 Å². The van der Waals surface area contributed by atoms with Gasteiger partial charge in [0.15, 0.2) is 0 Å². The quantitative estimate of drug-likeness (QED) is 0.655. The first-order chi connectivity index (χ1) is 6.65. The average Bonchev–Trinajstić information content (AvgIpc) is 2.00. The van der Waals surface area contributed by atoms with E-state index in [1.807, 2.05) is 0 Å². The van der Waals surface area contributed by atoms with Crippen molar-refractivity contribution in [3.05, 3.63) is 0 Å². The minimum Gasteiger partial charge on any atom is -0.316 e. The predicted octanol–water partition coefficient (Wildman–Crippen LogP) is 4.08. The largest absolute Gasteiger partial charge is 0.316 e. The van der Waals surface area contributed by atoms with E-state index in [2.05, 4.69) is 53.8 Å². The van der Waals surface area contributed by atoms with Gasteiger partial charge in [0, 0.05) is 0 Å². The fourth-order valence-electron chi connectivity index (χ4n) is 1.42. The molecule has 0 aliphatic heterocycles. The van der Waals surface area contributed by atoms with Crippen molar-refractivity contribution in [1.82, 2.24) is 5.32 Å². The molecule has 0 amide bonds. The lowest BCUT2D eigenvalue weighted by Gasteiger charge is -2.29. The Morgan fingerprint density at radius 2 is 1.53 bits per heavy atom. The standard InChI is InChI=1S/C14H31N/c1-12(2)14(6,7)9-8-10-15-11-13(3,4)5/h12,15H,8-11H2,1-7H3. The van der Waals surface area contributed by atoms with Gasteiger partial charge in [-0.05, 0) is 42.7 Å². The second-order valence-electron chi connectivity index (χ2n) is 6.98. The van der Waals surface area contributed by atoms with E-state index in [-0.39, 0.29) is 0 Å². The van der Waals surface area contributed by atoms with Gasteiger partial charge in [-0.25, -0.2) is 0 Å². The summed E-state index contributed by atoms with van der Waals surface area (Å²) in [5, 5.41) is 3.54. The van der Waals surface area contributed by atoms with Gasteiger partial charge < -0.3 is 5.32 Å². The van der Waals surface area contributed by atoms with Crippen LogP contribution in [0, 0.1) is 16.7 Å². The average molecular weight is 213 g/mol. The number of hydrogen-bond donors (Lipinski definition) is 1. The van der Waals surface area contributed by atoms with E-state index in [0.29, 0.717) is 10.8 Å². The molecule has 0 heterocycles. The van der Waals surface area contributed by atoms with Gasteiger partial charge in [-0.2, -0.15) is 0 Å². The Morgan fingerprint density at radius 3 is 1.93 bits per heavy atom. The zero-order valence-corrected chi connectivity index (χ0v) is 11.9. The molecule has 0 aromatic carbocycles. The van der Waals surface area contributed by atoms with Crippen LogP contribution < -0.4 is 5.32 Å². The summed E-state index contributed by atoms with van der Waals surface area (Å²) in [6.07, 6.45) is 2.61. The highest BCUT2D eigenvalue weighted by molar-refractivity contribution is 4.73. The second kappa shape index (κ2) is 5.89. The molecule has 1 nitrogen and oxygen atoms in total. The van der Waals surface area contributed by atoms with E-state index >= 15 is 0 Å². The SMILES string of the molecule is CC(C)C(C)(C)CCCNCC(C)(C)C. The van der Waals surface area contributed by atoms with E-state index < -0.39 is 0 Å². The third kappa shape index (κ3) is 7.84. The minimum absolute atomic E-state index is 0.410. The highest BCUT2D eigenvalue weighted by Crippen LogP contribution is 2.30. The number of hydrogen-bond acceptors (Lipinski definition) is 1. The lowest BCUT2D eigenvalue weighted by Crippen LogP contribution is -2.29. The summed E-state index contributed by atoms with van der Waals surface area (Å²) in [5.74, 6) is 0.778. The van der Waals surface area contributed by atoms with Crippen LogP contribution in [0.4, 0.5) is 0 Å². The smallest absolute Gasteiger partial charge is 0.0000125 e. The van der Waals surface area contributed by atoms with E-state index in [4.69, 9.17) is 0 Å². The lowest BCUT2D eigenvalue weighted by atomic mass is 9.77. The third-order valence-electron chi connectivity index (χ3n) is 3.39. The van der Waals surface area contributed by atoms with Gasteiger partial charge in [-0.3, -0.25) is 0 Å². The Bertz CT molecular complexity index is 163. The van der Waals surface area contributed by atoms with Crippen molar-refractivity contribution in [1.29, 1.82) is 0 Å². The van der Waals surface area contributed by atoms with Crippen LogP contribution in [0.15, 0.2) is 0 Å². The number of rotatable bonds is 6. The van der Waals surface area contributed by atoms with E-state index in [1.54, 1.807) is 0 Å². The molecule has 0 atom stereocenters. The highest BCUT2D eigenvalue weighted by Gasteiger charge is 2.21. The maximum atomic E-state index is 3.54. The minimum atomic E-state index is 0.410. The van der Waals surface area contributed by atoms with Crippen molar-refractivity contribution >= 4 is 0 Å². The molecule has 0 aliphatic rings. The Labute approximate surface area is 97.0 Å². The van der Waals surface area contributed by atoms with Crippen LogP contribution in [-0.2, 0) is 0 Å². The fraction of sp³-hybridized carbons (Fsp3) is 1.00. The first kappa shape index (κ1) is 15.0. The lowest BCUT2D eigenvalue weighted by molar-refractivity contribution is 0.221. The zero-order chi connectivity index (χ0) is 12.1. The third-order valence-corrected chi connectivity index (χ3v) is 3.39. The van der Waals surface area contributed by atoms with Gasteiger partial charge in [-0.15, -0.1) is 0 Å². The molecule has 0 bridgehead atoms. The summed E-state index contributed by atoms with van der Waals surface area (Å²) in [6.45, 7) is 18.5. The molecular formula is C14H31N. The number of nitrogens with one attached hydrogen (secondary N) is 1. The molecular weight excluding hydrogens is 182 g/mol. The Morgan fingerprint density at radius 1 is 1.00 bits per heavy atom. The van der Waals surface area contributed by atoms with Crippen molar-refractivity contribution in [2.24, 2.45) is 16.7 Å². The van der Waals surface area contributed by atoms with Crippen LogP contribution in [0.25, 0.3) is 0 Å². The van der Waals surface area contributed by atoms with Gasteiger partial charge in [-0.1, -0.05) is 48.5 Å². The molecule has 0 fully saturated rings. The normalized spacial score (nSPS) is 13.6. The van der Waals surface area contributed by atoms with Gasteiger partial charge in [0.2, 0.25) is 0 Å². The maximum Gasteiger partial charge on any atom is -0.0000125 e. The zero-order valence-electron chi connectivity index (χ0n) is 11.9. The topological polar surface area (TPSA) is 12.0 Å². The Kier molecular flexibility index (Phi) is 5.87. The summed E-state index contributed by atoms with van der Waals surface area (Å²) in [6, 6.07) is 0. The molecule has 0 unspecified atom stereocenters. The summed E-state index contributed by atoms with van der Waals surface area (Å²) in [7, 11) is 0. The van der Waals surface area contributed by atoms with Crippen molar-refractivity contribution in [2.75, 3.05) is 13.1 Å². The Balaban J connectivity index is 3.55. The molecule has 1 N–H and O–H groups in total. The molecule has 0 aliphatic carbocycles. The first-order valence-corrected chi connectivity index (χ1v) is 6.36. The molecule has 1 heteroatoms. The molecule has 15 heavy (non-hydrogen) atoms. The van der Waals surface area contributed by atoms with Gasteiger partial charge in [0.05, 0.1) is 0 Å². The molecule has 92 valence electrons. The van der Waals surface area contributed by atoms with Crippen molar-refractivity contribution < 1.29 is 0 Å². The monoisotopic (exact) mass is 213 g/mol. The second-order valence-corrected chi connectivity index (χ2v) is 6.98. The maximum absolute atomic E-state index is 3.54. The van der Waals surface area contributed by atoms with Gasteiger partial charge >= 0.3 is 0 Å². The Hall–Kier alpha value is -0.0400. The summed E-state index contributed by atoms with van der Waals surface area (Å²) in [4.78, 5) is 0. The first-order valence-electron chi connectivity index (χ1n) is 6.36. The summed E-state index contributed by atoms with van der Waals surface area (Å²) >= 11 is 0. The van der Waals surface area contributed by atoms with Crippen molar-refractivity contribution in [2.45, 2.75) is 61.3 Å². The van der Waals surface area contributed by atoms with Crippen LogP contribution >= 0.6 is 0 Å². The highest BCUT2D eigenvalue weighted by atomic mass is 14.9. The molecule has 0 saturated heterocycles. The fourth-order valence-corrected chi connectivity index (χ4v) is 1.42. The van der Waals surface area contributed by atoms with E-state index in [1.165, 1.54) is 12.8 Å². The van der Waals surface area contributed by atoms with Crippen LogP contribution in [0.5, 0.6) is 0 Å². The van der Waals surface area contributed by atoms with Crippen LogP contribution in [0.1, 0.15) is 61.3 Å². The molecule has 0 radical (unpaired) electrons. The predicted molar refractivity (Wildman–Crippen MR) is 70.2 cm³/mol. The van der Waals surface area contributed by atoms with E-state index in [0.717, 1.165) is 19.0 Å². The molecule has 0 aromatic heterocycles. The summed E-state index contributed by atoms with van der Waals surface area (Å²) in [5.41, 5.74) is 0.900. The summed E-state index contributed by atoms with van der Waals surface area (Å²) < 4.78 is 0. The van der Waals surface area contributed by atoms with Gasteiger partial charge in [0.1, 0.15) is 0 Å².